The largest absolute Gasteiger partial charge is 0.324 e. The van der Waals surface area contributed by atoms with E-state index in [0.29, 0.717) is 6.54 Å². The SMILES string of the molecule is CC(=O)[C@H]1C(=O)N(Cc2ccc3ccccc3c2)C12C=CC(=O)C=C2. The van der Waals surface area contributed by atoms with Gasteiger partial charge in [0.05, 0.1) is 5.54 Å². The molecule has 4 heteroatoms. The first kappa shape index (κ1) is 15.5. The van der Waals surface area contributed by atoms with Crippen molar-refractivity contribution in [2.45, 2.75) is 19.0 Å². The first-order chi connectivity index (χ1) is 12.0. The lowest BCUT2D eigenvalue weighted by molar-refractivity contribution is -0.165. The summed E-state index contributed by atoms with van der Waals surface area (Å²) < 4.78 is 0. The van der Waals surface area contributed by atoms with E-state index in [-0.39, 0.29) is 17.5 Å². The Morgan fingerprint density at radius 1 is 1.04 bits per heavy atom. The van der Waals surface area contributed by atoms with Crippen LogP contribution in [-0.2, 0) is 20.9 Å². The lowest BCUT2D eigenvalue weighted by Crippen LogP contribution is -2.70. The number of allylic oxidation sites excluding steroid dienone is 2. The first-order valence-corrected chi connectivity index (χ1v) is 8.23. The van der Waals surface area contributed by atoms with E-state index in [0.717, 1.165) is 16.3 Å². The molecule has 0 unspecified atom stereocenters. The molecule has 2 aromatic carbocycles. The fraction of sp³-hybridized carbons (Fsp3) is 0.190. The number of carbonyl (C=O) groups is 3. The van der Waals surface area contributed by atoms with Gasteiger partial charge in [0.2, 0.25) is 5.91 Å². The molecule has 4 nitrogen and oxygen atoms in total. The molecule has 25 heavy (non-hydrogen) atoms. The van der Waals surface area contributed by atoms with Crippen LogP contribution in [0.2, 0.25) is 0 Å². The van der Waals surface area contributed by atoms with Crippen LogP contribution in [0.4, 0.5) is 0 Å². The third-order valence-electron chi connectivity index (χ3n) is 5.03. The number of ketones is 2. The van der Waals surface area contributed by atoms with Crippen LogP contribution >= 0.6 is 0 Å². The average molecular weight is 331 g/mol. The van der Waals surface area contributed by atoms with Crippen molar-refractivity contribution in [1.29, 1.82) is 0 Å². The fourth-order valence-corrected chi connectivity index (χ4v) is 3.78. The van der Waals surface area contributed by atoms with Crippen molar-refractivity contribution < 1.29 is 14.4 Å². The van der Waals surface area contributed by atoms with Crippen molar-refractivity contribution in [2.24, 2.45) is 5.92 Å². The van der Waals surface area contributed by atoms with E-state index in [1.54, 1.807) is 17.1 Å². The van der Waals surface area contributed by atoms with Gasteiger partial charge in [0.15, 0.2) is 5.78 Å². The number of hydrogen-bond acceptors (Lipinski definition) is 3. The molecule has 1 saturated heterocycles. The quantitative estimate of drug-likeness (QED) is 0.642. The van der Waals surface area contributed by atoms with Crippen molar-refractivity contribution in [3.63, 3.8) is 0 Å². The Hall–Kier alpha value is -3.01. The van der Waals surface area contributed by atoms with Gasteiger partial charge in [-0.05, 0) is 53.6 Å². The molecule has 2 aliphatic rings. The van der Waals surface area contributed by atoms with E-state index < -0.39 is 11.5 Å². The summed E-state index contributed by atoms with van der Waals surface area (Å²) in [6, 6.07) is 14.1. The van der Waals surface area contributed by atoms with E-state index >= 15 is 0 Å². The molecule has 0 radical (unpaired) electrons. The van der Waals surface area contributed by atoms with Gasteiger partial charge in [0.25, 0.3) is 0 Å². The Balaban J connectivity index is 1.69. The van der Waals surface area contributed by atoms with Gasteiger partial charge < -0.3 is 4.90 Å². The maximum Gasteiger partial charge on any atom is 0.237 e. The van der Waals surface area contributed by atoms with E-state index in [9.17, 15) is 14.4 Å². The van der Waals surface area contributed by atoms with Gasteiger partial charge >= 0.3 is 0 Å². The molecule has 1 fully saturated rings. The lowest BCUT2D eigenvalue weighted by Gasteiger charge is -2.54. The highest BCUT2D eigenvalue weighted by Gasteiger charge is 2.59. The van der Waals surface area contributed by atoms with Crippen LogP contribution in [0.1, 0.15) is 12.5 Å². The topological polar surface area (TPSA) is 54.5 Å². The number of carbonyl (C=O) groups excluding carboxylic acids is 3. The van der Waals surface area contributed by atoms with Crippen LogP contribution in [-0.4, -0.2) is 27.9 Å². The molecule has 0 saturated carbocycles. The minimum atomic E-state index is -0.817. The molecular weight excluding hydrogens is 314 g/mol. The van der Waals surface area contributed by atoms with Gasteiger partial charge in [-0.2, -0.15) is 0 Å². The van der Waals surface area contributed by atoms with Gasteiger partial charge in [-0.1, -0.05) is 36.4 Å². The van der Waals surface area contributed by atoms with Crippen molar-refractivity contribution >= 4 is 28.2 Å². The molecular formula is C21H17NO3. The van der Waals surface area contributed by atoms with E-state index in [4.69, 9.17) is 0 Å². The number of benzene rings is 2. The molecule has 0 bridgehead atoms. The Kier molecular flexibility index (Phi) is 3.42. The van der Waals surface area contributed by atoms with Gasteiger partial charge in [0.1, 0.15) is 11.7 Å². The molecule has 4 rings (SSSR count). The number of fused-ring (bicyclic) bond motifs is 1. The predicted octanol–water partition coefficient (Wildman–Crippen LogP) is 2.82. The van der Waals surface area contributed by atoms with Crippen LogP contribution in [0.25, 0.3) is 10.8 Å². The second kappa shape index (κ2) is 5.52. The molecule has 2 aromatic rings. The Labute approximate surface area is 145 Å². The highest BCUT2D eigenvalue weighted by molar-refractivity contribution is 6.10. The van der Waals surface area contributed by atoms with Gasteiger partial charge in [-0.25, -0.2) is 0 Å². The summed E-state index contributed by atoms with van der Waals surface area (Å²) in [6.45, 7) is 1.83. The summed E-state index contributed by atoms with van der Waals surface area (Å²) in [5.41, 5.74) is 0.176. The summed E-state index contributed by atoms with van der Waals surface area (Å²) in [6.07, 6.45) is 6.25. The molecule has 1 heterocycles. The zero-order valence-corrected chi connectivity index (χ0v) is 13.8. The summed E-state index contributed by atoms with van der Waals surface area (Å²) in [7, 11) is 0. The maximum absolute atomic E-state index is 12.6. The molecule has 1 aliphatic heterocycles. The second-order valence-corrected chi connectivity index (χ2v) is 6.61. The smallest absolute Gasteiger partial charge is 0.237 e. The third-order valence-corrected chi connectivity index (χ3v) is 5.03. The summed E-state index contributed by atoms with van der Waals surface area (Å²) >= 11 is 0. The molecule has 1 spiro atoms. The molecule has 0 N–H and O–H groups in total. The van der Waals surface area contributed by atoms with Crippen molar-refractivity contribution in [2.75, 3.05) is 0 Å². The standard InChI is InChI=1S/C21H17NO3/c1-14(23)19-20(25)22(21(19)10-8-18(24)9-11-21)13-15-6-7-16-4-2-3-5-17(16)12-15/h2-12,19H,13H2,1H3/t19-/m0/s1. The second-order valence-electron chi connectivity index (χ2n) is 6.61. The van der Waals surface area contributed by atoms with Gasteiger partial charge in [-0.15, -0.1) is 0 Å². The normalized spacial score (nSPS) is 21.0. The molecule has 1 aliphatic carbocycles. The van der Waals surface area contributed by atoms with Crippen LogP contribution in [0, 0.1) is 5.92 Å². The number of Topliss-reactive ketones (excluding diaryl/α,β-unsaturated/α-hetero) is 1. The van der Waals surface area contributed by atoms with Crippen molar-refractivity contribution in [3.8, 4) is 0 Å². The highest BCUT2D eigenvalue weighted by Crippen LogP contribution is 2.43. The molecule has 1 atom stereocenters. The Bertz CT molecular complexity index is 954. The average Bonchev–Trinajstić information content (AvgIpc) is 2.61. The predicted molar refractivity (Wildman–Crippen MR) is 94.7 cm³/mol. The third kappa shape index (κ3) is 2.33. The minimum Gasteiger partial charge on any atom is -0.324 e. The maximum atomic E-state index is 12.6. The van der Waals surface area contributed by atoms with Crippen molar-refractivity contribution in [3.05, 3.63) is 72.3 Å². The van der Waals surface area contributed by atoms with Gasteiger partial charge in [0, 0.05) is 6.54 Å². The number of hydrogen-bond donors (Lipinski definition) is 0. The fourth-order valence-electron chi connectivity index (χ4n) is 3.78. The number of rotatable bonds is 3. The minimum absolute atomic E-state index is 0.127. The Morgan fingerprint density at radius 3 is 2.40 bits per heavy atom. The summed E-state index contributed by atoms with van der Waals surface area (Å²) in [4.78, 5) is 37.7. The van der Waals surface area contributed by atoms with Crippen LogP contribution < -0.4 is 0 Å². The zero-order chi connectivity index (χ0) is 17.6. The summed E-state index contributed by atoms with van der Waals surface area (Å²) in [5.74, 6) is -1.24. The van der Waals surface area contributed by atoms with E-state index in [1.165, 1.54) is 19.1 Å². The molecule has 1 amide bonds. The number of β-lactam (4-membered cyclic amide) rings is 1. The zero-order valence-electron chi connectivity index (χ0n) is 13.8. The van der Waals surface area contributed by atoms with Crippen LogP contribution in [0.3, 0.4) is 0 Å². The number of likely N-dealkylation sites (tertiary alicyclic amines) is 1. The Morgan fingerprint density at radius 2 is 1.72 bits per heavy atom. The monoisotopic (exact) mass is 331 g/mol. The number of amides is 1. The van der Waals surface area contributed by atoms with Crippen LogP contribution in [0.5, 0.6) is 0 Å². The summed E-state index contributed by atoms with van der Waals surface area (Å²) in [5, 5.41) is 2.25. The highest BCUT2D eigenvalue weighted by atomic mass is 16.2. The molecule has 0 aromatic heterocycles. The van der Waals surface area contributed by atoms with Gasteiger partial charge in [-0.3, -0.25) is 14.4 Å². The van der Waals surface area contributed by atoms with E-state index in [1.807, 2.05) is 36.4 Å². The van der Waals surface area contributed by atoms with E-state index in [2.05, 4.69) is 6.07 Å². The first-order valence-electron chi connectivity index (χ1n) is 8.23. The number of nitrogens with zero attached hydrogens (tertiary/aromatic N) is 1. The molecule has 124 valence electrons. The van der Waals surface area contributed by atoms with Crippen LogP contribution in [0.15, 0.2) is 66.8 Å². The lowest BCUT2D eigenvalue weighted by atomic mass is 9.69. The van der Waals surface area contributed by atoms with Crippen molar-refractivity contribution in [1.82, 2.24) is 4.90 Å².